The van der Waals surface area contributed by atoms with E-state index in [0.29, 0.717) is 45.3 Å². The lowest BCUT2D eigenvalue weighted by Crippen LogP contribution is -2.41. The lowest BCUT2D eigenvalue weighted by atomic mass is 10.2. The van der Waals surface area contributed by atoms with E-state index in [9.17, 15) is 8.42 Å². The average molecular weight is 405 g/mol. The van der Waals surface area contributed by atoms with Gasteiger partial charge in [0.2, 0.25) is 10.0 Å². The molecule has 4 rings (SSSR count). The number of morpholine rings is 1. The highest BCUT2D eigenvalue weighted by Crippen LogP contribution is 2.31. The SMILES string of the molecule is CN(C[C@H]1COc2ccccc2O1)c1ccc(S(=O)(=O)N2CCOCC2)cn1. The van der Waals surface area contributed by atoms with Crippen LogP contribution in [0.15, 0.2) is 47.5 Å². The number of rotatable bonds is 5. The first-order valence-electron chi connectivity index (χ1n) is 9.17. The Morgan fingerprint density at radius 3 is 2.61 bits per heavy atom. The van der Waals surface area contributed by atoms with Crippen molar-refractivity contribution in [3.8, 4) is 11.5 Å². The van der Waals surface area contributed by atoms with Crippen LogP contribution in [0, 0.1) is 0 Å². The van der Waals surface area contributed by atoms with Gasteiger partial charge in [-0.05, 0) is 24.3 Å². The van der Waals surface area contributed by atoms with Crippen LogP contribution < -0.4 is 14.4 Å². The predicted molar refractivity (Wildman–Crippen MR) is 103 cm³/mol. The third-order valence-corrected chi connectivity index (χ3v) is 6.65. The molecule has 0 N–H and O–H groups in total. The number of hydrogen-bond acceptors (Lipinski definition) is 7. The van der Waals surface area contributed by atoms with Crippen LogP contribution in [0.3, 0.4) is 0 Å². The number of anilines is 1. The summed E-state index contributed by atoms with van der Waals surface area (Å²) in [5.41, 5.74) is 0. The van der Waals surface area contributed by atoms with Gasteiger partial charge in [-0.3, -0.25) is 0 Å². The Bertz CT molecular complexity index is 913. The third-order valence-electron chi connectivity index (χ3n) is 4.76. The summed E-state index contributed by atoms with van der Waals surface area (Å²) < 4.78 is 43.7. The van der Waals surface area contributed by atoms with Gasteiger partial charge in [0.1, 0.15) is 17.3 Å². The summed E-state index contributed by atoms with van der Waals surface area (Å²) in [4.78, 5) is 6.46. The first-order chi connectivity index (χ1) is 13.5. The van der Waals surface area contributed by atoms with Crippen LogP contribution in [-0.2, 0) is 14.8 Å². The van der Waals surface area contributed by atoms with Gasteiger partial charge in [0.25, 0.3) is 0 Å². The number of ether oxygens (including phenoxy) is 3. The molecule has 1 saturated heterocycles. The summed E-state index contributed by atoms with van der Waals surface area (Å²) in [6.45, 7) is 2.58. The van der Waals surface area contributed by atoms with Crippen molar-refractivity contribution in [2.45, 2.75) is 11.0 Å². The minimum absolute atomic E-state index is 0.140. The summed E-state index contributed by atoms with van der Waals surface area (Å²) in [5.74, 6) is 2.15. The van der Waals surface area contributed by atoms with Gasteiger partial charge in [-0.1, -0.05) is 12.1 Å². The Morgan fingerprint density at radius 2 is 1.89 bits per heavy atom. The van der Waals surface area contributed by atoms with Crippen molar-refractivity contribution in [2.24, 2.45) is 0 Å². The standard InChI is InChI=1S/C19H23N3O5S/c1-21(13-15-14-26-17-4-2-3-5-18(17)27-15)19-7-6-16(12-20-19)28(23,24)22-8-10-25-11-9-22/h2-7,12,15H,8-11,13-14H2,1H3/t15-/m0/s1. The maximum Gasteiger partial charge on any atom is 0.244 e. The first-order valence-corrected chi connectivity index (χ1v) is 10.6. The summed E-state index contributed by atoms with van der Waals surface area (Å²) in [5, 5.41) is 0. The molecule has 2 aromatic rings. The van der Waals surface area contributed by atoms with Gasteiger partial charge in [0.05, 0.1) is 19.8 Å². The minimum atomic E-state index is -3.54. The smallest absolute Gasteiger partial charge is 0.244 e. The number of benzene rings is 1. The quantitative estimate of drug-likeness (QED) is 0.743. The van der Waals surface area contributed by atoms with Crippen LogP contribution in [0.2, 0.25) is 0 Å². The molecule has 2 aliphatic rings. The van der Waals surface area contributed by atoms with Gasteiger partial charge in [-0.25, -0.2) is 13.4 Å². The molecule has 1 atom stereocenters. The fraction of sp³-hybridized carbons (Fsp3) is 0.421. The van der Waals surface area contributed by atoms with Crippen LogP contribution in [0.25, 0.3) is 0 Å². The number of hydrogen-bond donors (Lipinski definition) is 0. The predicted octanol–water partition coefficient (Wildman–Crippen LogP) is 1.38. The lowest BCUT2D eigenvalue weighted by Gasteiger charge is -2.30. The zero-order chi connectivity index (χ0) is 19.6. The molecule has 0 saturated carbocycles. The summed E-state index contributed by atoms with van der Waals surface area (Å²) in [6.07, 6.45) is 1.27. The zero-order valence-corrected chi connectivity index (χ0v) is 16.5. The minimum Gasteiger partial charge on any atom is -0.486 e. The summed E-state index contributed by atoms with van der Waals surface area (Å²) in [7, 11) is -1.65. The third kappa shape index (κ3) is 3.91. The molecule has 1 fully saturated rings. The van der Waals surface area contributed by atoms with Crippen LogP contribution in [0.1, 0.15) is 0 Å². The second-order valence-electron chi connectivity index (χ2n) is 6.75. The maximum atomic E-state index is 12.7. The maximum absolute atomic E-state index is 12.7. The van der Waals surface area contributed by atoms with Crippen LogP contribution >= 0.6 is 0 Å². The molecule has 3 heterocycles. The Hall–Kier alpha value is -2.36. The average Bonchev–Trinajstić information content (AvgIpc) is 2.74. The second kappa shape index (κ2) is 7.94. The number of para-hydroxylation sites is 2. The largest absolute Gasteiger partial charge is 0.486 e. The number of fused-ring (bicyclic) bond motifs is 1. The van der Waals surface area contributed by atoms with E-state index in [1.807, 2.05) is 36.2 Å². The van der Waals surface area contributed by atoms with E-state index in [1.54, 1.807) is 12.1 Å². The fourth-order valence-electron chi connectivity index (χ4n) is 3.24. The number of aromatic nitrogens is 1. The Kier molecular flexibility index (Phi) is 5.38. The van der Waals surface area contributed by atoms with E-state index in [1.165, 1.54) is 10.5 Å². The second-order valence-corrected chi connectivity index (χ2v) is 8.68. The fourth-order valence-corrected chi connectivity index (χ4v) is 4.59. The number of sulfonamides is 1. The van der Waals surface area contributed by atoms with Crippen molar-refractivity contribution < 1.29 is 22.6 Å². The van der Waals surface area contributed by atoms with E-state index in [0.717, 1.165) is 11.5 Å². The highest BCUT2D eigenvalue weighted by molar-refractivity contribution is 7.89. The van der Waals surface area contributed by atoms with Crippen molar-refractivity contribution in [1.29, 1.82) is 0 Å². The van der Waals surface area contributed by atoms with E-state index >= 15 is 0 Å². The molecule has 1 aromatic heterocycles. The van der Waals surface area contributed by atoms with Crippen molar-refractivity contribution in [3.63, 3.8) is 0 Å². The molecular weight excluding hydrogens is 382 g/mol. The summed E-state index contributed by atoms with van der Waals surface area (Å²) in [6, 6.07) is 10.9. The lowest BCUT2D eigenvalue weighted by molar-refractivity contribution is 0.0730. The zero-order valence-electron chi connectivity index (χ0n) is 15.7. The molecule has 1 aromatic carbocycles. The Morgan fingerprint density at radius 1 is 1.14 bits per heavy atom. The van der Waals surface area contributed by atoms with Gasteiger partial charge in [-0.15, -0.1) is 0 Å². The molecule has 0 amide bonds. The van der Waals surface area contributed by atoms with Gasteiger partial charge in [-0.2, -0.15) is 4.31 Å². The molecule has 0 bridgehead atoms. The molecule has 0 radical (unpaired) electrons. The van der Waals surface area contributed by atoms with Crippen molar-refractivity contribution >= 4 is 15.8 Å². The van der Waals surface area contributed by atoms with Gasteiger partial charge in [0, 0.05) is 26.3 Å². The number of nitrogens with zero attached hydrogens (tertiary/aromatic N) is 3. The molecule has 0 aliphatic carbocycles. The Balaban J connectivity index is 1.41. The van der Waals surface area contributed by atoms with Gasteiger partial charge >= 0.3 is 0 Å². The molecule has 8 nitrogen and oxygen atoms in total. The first kappa shape index (κ1) is 19.0. The van der Waals surface area contributed by atoms with Crippen LogP contribution in [0.5, 0.6) is 11.5 Å². The van der Waals surface area contributed by atoms with E-state index in [4.69, 9.17) is 14.2 Å². The van der Waals surface area contributed by atoms with Crippen molar-refractivity contribution in [1.82, 2.24) is 9.29 Å². The molecular formula is C19H23N3O5S. The Labute approximate surface area is 164 Å². The molecule has 150 valence electrons. The van der Waals surface area contributed by atoms with E-state index < -0.39 is 10.0 Å². The van der Waals surface area contributed by atoms with Gasteiger partial charge < -0.3 is 19.1 Å². The highest BCUT2D eigenvalue weighted by atomic mass is 32.2. The number of likely N-dealkylation sites (N-methyl/N-ethyl adjacent to an activating group) is 1. The molecule has 0 spiro atoms. The summed E-state index contributed by atoms with van der Waals surface area (Å²) >= 11 is 0. The van der Waals surface area contributed by atoms with Gasteiger partial charge in [0.15, 0.2) is 17.6 Å². The highest BCUT2D eigenvalue weighted by Gasteiger charge is 2.27. The van der Waals surface area contributed by atoms with Crippen molar-refractivity contribution in [2.75, 3.05) is 51.4 Å². The van der Waals surface area contributed by atoms with E-state index in [-0.39, 0.29) is 11.0 Å². The van der Waals surface area contributed by atoms with E-state index in [2.05, 4.69) is 4.98 Å². The number of pyridine rings is 1. The molecule has 0 unspecified atom stereocenters. The van der Waals surface area contributed by atoms with Crippen LogP contribution in [0.4, 0.5) is 5.82 Å². The van der Waals surface area contributed by atoms with Crippen molar-refractivity contribution in [3.05, 3.63) is 42.6 Å². The topological polar surface area (TPSA) is 81.2 Å². The molecule has 2 aliphatic heterocycles. The monoisotopic (exact) mass is 405 g/mol. The molecule has 28 heavy (non-hydrogen) atoms. The normalized spacial score (nSPS) is 20.0. The van der Waals surface area contributed by atoms with Crippen LogP contribution in [-0.4, -0.2) is 70.3 Å². The molecule has 9 heteroatoms.